The molecule has 1 aromatic carbocycles. The van der Waals surface area contributed by atoms with Crippen molar-refractivity contribution in [2.45, 2.75) is 13.0 Å². The standard InChI is InChI=1S/C14H18N2O3/c1-15(2)9-13(17)16-6-5-10-3-4-11(14(18)19)7-12(10)8-16/h3-4,7H,5-6,8-9H2,1-2H3,(H,18,19). The van der Waals surface area contributed by atoms with Gasteiger partial charge in [-0.2, -0.15) is 0 Å². The van der Waals surface area contributed by atoms with Crippen molar-refractivity contribution < 1.29 is 14.7 Å². The maximum atomic E-state index is 12.0. The molecule has 0 spiro atoms. The van der Waals surface area contributed by atoms with Crippen molar-refractivity contribution in [3.63, 3.8) is 0 Å². The highest BCUT2D eigenvalue weighted by molar-refractivity contribution is 5.88. The van der Waals surface area contributed by atoms with Gasteiger partial charge in [0, 0.05) is 13.1 Å². The maximum Gasteiger partial charge on any atom is 0.335 e. The van der Waals surface area contributed by atoms with E-state index in [4.69, 9.17) is 5.11 Å². The van der Waals surface area contributed by atoms with Crippen LogP contribution in [0.1, 0.15) is 21.5 Å². The molecule has 1 N–H and O–H groups in total. The van der Waals surface area contributed by atoms with Crippen molar-refractivity contribution in [1.82, 2.24) is 9.80 Å². The van der Waals surface area contributed by atoms with E-state index in [1.54, 1.807) is 17.0 Å². The van der Waals surface area contributed by atoms with Crippen LogP contribution < -0.4 is 0 Å². The molecule has 5 nitrogen and oxygen atoms in total. The molecule has 0 aliphatic carbocycles. The minimum absolute atomic E-state index is 0.0800. The first-order valence-corrected chi connectivity index (χ1v) is 6.25. The quantitative estimate of drug-likeness (QED) is 0.876. The zero-order valence-electron chi connectivity index (χ0n) is 11.2. The van der Waals surface area contributed by atoms with Gasteiger partial charge in [0.25, 0.3) is 0 Å². The van der Waals surface area contributed by atoms with E-state index in [-0.39, 0.29) is 11.5 Å². The number of fused-ring (bicyclic) bond motifs is 1. The smallest absolute Gasteiger partial charge is 0.335 e. The average molecular weight is 262 g/mol. The molecule has 19 heavy (non-hydrogen) atoms. The summed E-state index contributed by atoms with van der Waals surface area (Å²) >= 11 is 0. The summed E-state index contributed by atoms with van der Waals surface area (Å²) in [6, 6.07) is 5.15. The number of likely N-dealkylation sites (N-methyl/N-ethyl adjacent to an activating group) is 1. The van der Waals surface area contributed by atoms with Crippen LogP contribution in [0.15, 0.2) is 18.2 Å². The molecule has 0 unspecified atom stereocenters. The van der Waals surface area contributed by atoms with E-state index < -0.39 is 5.97 Å². The Morgan fingerprint density at radius 3 is 2.68 bits per heavy atom. The molecule has 1 aliphatic heterocycles. The second-order valence-corrected chi connectivity index (χ2v) is 5.09. The summed E-state index contributed by atoms with van der Waals surface area (Å²) in [5.41, 5.74) is 2.36. The molecule has 0 saturated carbocycles. The van der Waals surface area contributed by atoms with Gasteiger partial charge < -0.3 is 14.9 Å². The number of rotatable bonds is 3. The first kappa shape index (κ1) is 13.5. The van der Waals surface area contributed by atoms with E-state index >= 15 is 0 Å². The molecule has 0 saturated heterocycles. The van der Waals surface area contributed by atoms with E-state index in [0.29, 0.717) is 19.6 Å². The average Bonchev–Trinajstić information content (AvgIpc) is 2.36. The highest BCUT2D eigenvalue weighted by atomic mass is 16.4. The lowest BCUT2D eigenvalue weighted by atomic mass is 9.97. The van der Waals surface area contributed by atoms with Gasteiger partial charge in [0.15, 0.2) is 0 Å². The van der Waals surface area contributed by atoms with Gasteiger partial charge >= 0.3 is 5.97 Å². The lowest BCUT2D eigenvalue weighted by molar-refractivity contribution is -0.132. The third-order valence-corrected chi connectivity index (χ3v) is 3.27. The number of benzene rings is 1. The number of carbonyl (C=O) groups is 2. The topological polar surface area (TPSA) is 60.9 Å². The van der Waals surface area contributed by atoms with Gasteiger partial charge in [-0.25, -0.2) is 4.79 Å². The molecular weight excluding hydrogens is 244 g/mol. The third-order valence-electron chi connectivity index (χ3n) is 3.27. The van der Waals surface area contributed by atoms with Crippen LogP contribution in [0.4, 0.5) is 0 Å². The van der Waals surface area contributed by atoms with E-state index in [1.165, 1.54) is 0 Å². The molecule has 1 aromatic rings. The summed E-state index contributed by atoms with van der Waals surface area (Å²) in [4.78, 5) is 26.6. The van der Waals surface area contributed by atoms with Crippen molar-refractivity contribution in [2.75, 3.05) is 27.2 Å². The second kappa shape index (κ2) is 5.40. The van der Waals surface area contributed by atoms with Crippen LogP contribution in [-0.2, 0) is 17.8 Å². The number of carboxylic acids is 1. The number of carboxylic acid groups (broad SMARTS) is 1. The van der Waals surface area contributed by atoms with Gasteiger partial charge in [0.05, 0.1) is 12.1 Å². The Labute approximate surface area is 112 Å². The van der Waals surface area contributed by atoms with Gasteiger partial charge in [0.2, 0.25) is 5.91 Å². The zero-order chi connectivity index (χ0) is 14.0. The summed E-state index contributed by atoms with van der Waals surface area (Å²) in [6.07, 6.45) is 0.786. The van der Waals surface area contributed by atoms with Crippen LogP contribution in [0.5, 0.6) is 0 Å². The largest absolute Gasteiger partial charge is 0.478 e. The molecule has 102 valence electrons. The number of nitrogens with zero attached hydrogens (tertiary/aromatic N) is 2. The normalized spacial score (nSPS) is 14.4. The van der Waals surface area contributed by atoms with E-state index in [9.17, 15) is 9.59 Å². The fourth-order valence-electron chi connectivity index (χ4n) is 2.27. The van der Waals surface area contributed by atoms with Gasteiger partial charge in [-0.05, 0) is 43.8 Å². The fraction of sp³-hybridized carbons (Fsp3) is 0.429. The zero-order valence-corrected chi connectivity index (χ0v) is 11.2. The van der Waals surface area contributed by atoms with Gasteiger partial charge in [-0.15, -0.1) is 0 Å². The fourth-order valence-corrected chi connectivity index (χ4v) is 2.27. The lowest BCUT2D eigenvalue weighted by Crippen LogP contribution is -2.40. The predicted molar refractivity (Wildman–Crippen MR) is 71.1 cm³/mol. The Balaban J connectivity index is 2.16. The molecule has 0 radical (unpaired) electrons. The minimum Gasteiger partial charge on any atom is -0.478 e. The van der Waals surface area contributed by atoms with Crippen LogP contribution in [0.3, 0.4) is 0 Å². The third kappa shape index (κ3) is 3.12. The van der Waals surface area contributed by atoms with Gasteiger partial charge in [-0.1, -0.05) is 6.07 Å². The Morgan fingerprint density at radius 1 is 1.32 bits per heavy atom. The van der Waals surface area contributed by atoms with Gasteiger partial charge in [0.1, 0.15) is 0 Å². The Kier molecular flexibility index (Phi) is 3.85. The molecule has 0 atom stereocenters. The van der Waals surface area contributed by atoms with Crippen LogP contribution >= 0.6 is 0 Å². The molecule has 5 heteroatoms. The summed E-state index contributed by atoms with van der Waals surface area (Å²) in [5, 5.41) is 8.99. The van der Waals surface area contributed by atoms with Crippen molar-refractivity contribution >= 4 is 11.9 Å². The first-order valence-electron chi connectivity index (χ1n) is 6.25. The molecular formula is C14H18N2O3. The highest BCUT2D eigenvalue weighted by Crippen LogP contribution is 2.20. The summed E-state index contributed by atoms with van der Waals surface area (Å²) in [7, 11) is 3.72. The van der Waals surface area contributed by atoms with Crippen LogP contribution in [-0.4, -0.2) is 54.0 Å². The number of hydrogen-bond donors (Lipinski definition) is 1. The van der Waals surface area contributed by atoms with Crippen molar-refractivity contribution in [3.8, 4) is 0 Å². The van der Waals surface area contributed by atoms with Crippen molar-refractivity contribution in [2.24, 2.45) is 0 Å². The highest BCUT2D eigenvalue weighted by Gasteiger charge is 2.21. The first-order chi connectivity index (χ1) is 8.97. The Hall–Kier alpha value is -1.88. The van der Waals surface area contributed by atoms with Crippen LogP contribution in [0.2, 0.25) is 0 Å². The Morgan fingerprint density at radius 2 is 2.05 bits per heavy atom. The second-order valence-electron chi connectivity index (χ2n) is 5.09. The molecule has 1 heterocycles. The number of hydrogen-bond acceptors (Lipinski definition) is 3. The maximum absolute atomic E-state index is 12.0. The monoisotopic (exact) mass is 262 g/mol. The van der Waals surface area contributed by atoms with Gasteiger partial charge in [-0.3, -0.25) is 4.79 Å². The SMILES string of the molecule is CN(C)CC(=O)N1CCc2ccc(C(=O)O)cc2C1. The summed E-state index contributed by atoms with van der Waals surface area (Å²) in [6.45, 7) is 1.59. The van der Waals surface area contributed by atoms with E-state index in [1.807, 2.05) is 25.1 Å². The number of amides is 1. The van der Waals surface area contributed by atoms with Crippen LogP contribution in [0, 0.1) is 0 Å². The molecule has 1 amide bonds. The van der Waals surface area contributed by atoms with E-state index in [2.05, 4.69) is 0 Å². The van der Waals surface area contributed by atoms with Crippen molar-refractivity contribution in [1.29, 1.82) is 0 Å². The van der Waals surface area contributed by atoms with Crippen LogP contribution in [0.25, 0.3) is 0 Å². The predicted octanol–water partition coefficient (Wildman–Crippen LogP) is 0.831. The Bertz CT molecular complexity index is 511. The van der Waals surface area contributed by atoms with E-state index in [0.717, 1.165) is 17.5 Å². The molecule has 2 rings (SSSR count). The molecule has 0 bridgehead atoms. The lowest BCUT2D eigenvalue weighted by Gasteiger charge is -2.30. The van der Waals surface area contributed by atoms with Crippen molar-refractivity contribution in [3.05, 3.63) is 34.9 Å². The minimum atomic E-state index is -0.931. The summed E-state index contributed by atoms with van der Waals surface area (Å²) in [5.74, 6) is -0.851. The molecule has 0 fully saturated rings. The molecule has 1 aliphatic rings. The number of aromatic carboxylic acids is 1. The number of carbonyl (C=O) groups excluding carboxylic acids is 1. The summed E-state index contributed by atoms with van der Waals surface area (Å²) < 4.78 is 0. The molecule has 0 aromatic heterocycles.